The van der Waals surface area contributed by atoms with Gasteiger partial charge in [-0.2, -0.15) is 0 Å². The lowest BCUT2D eigenvalue weighted by atomic mass is 9.60. The van der Waals surface area contributed by atoms with E-state index in [4.69, 9.17) is 0 Å². The molecule has 1 nitrogen and oxygen atoms in total. The van der Waals surface area contributed by atoms with Crippen LogP contribution in [0.25, 0.3) is 0 Å². The molecule has 102 valence electrons. The topological polar surface area (TPSA) is 17.1 Å². The van der Waals surface area contributed by atoms with Gasteiger partial charge in [-0.3, -0.25) is 4.79 Å². The number of fused-ring (bicyclic) bond motifs is 1. The number of ketones is 1. The first kappa shape index (κ1) is 12.7. The number of hydrogen-bond donors (Lipinski definition) is 0. The van der Waals surface area contributed by atoms with Gasteiger partial charge in [0.15, 0.2) is 0 Å². The largest absolute Gasteiger partial charge is 0.299 e. The van der Waals surface area contributed by atoms with Crippen LogP contribution in [0.3, 0.4) is 0 Å². The summed E-state index contributed by atoms with van der Waals surface area (Å²) in [5.41, 5.74) is 0.516. The highest BCUT2D eigenvalue weighted by atomic mass is 16.1. The Hall–Kier alpha value is -0.330. The summed E-state index contributed by atoms with van der Waals surface area (Å²) in [5, 5.41) is 0. The molecule has 3 unspecified atom stereocenters. The maximum atomic E-state index is 12.8. The van der Waals surface area contributed by atoms with Crippen LogP contribution in [0.5, 0.6) is 0 Å². The average Bonchev–Trinajstić information content (AvgIpc) is 3.19. The summed E-state index contributed by atoms with van der Waals surface area (Å²) >= 11 is 0. The monoisotopic (exact) mass is 248 g/mol. The standard InChI is InChI=1S/C17H28O/c1-4-14-16(2,3)10-9-13-11-17(13,14)15(18)8-7-12-5-6-12/h12-14H,4-11H2,1-3H3. The number of rotatable bonds is 5. The van der Waals surface area contributed by atoms with E-state index in [2.05, 4.69) is 20.8 Å². The van der Waals surface area contributed by atoms with Crippen molar-refractivity contribution in [3.05, 3.63) is 0 Å². The molecule has 3 fully saturated rings. The summed E-state index contributed by atoms with van der Waals surface area (Å²) in [7, 11) is 0. The van der Waals surface area contributed by atoms with E-state index in [1.807, 2.05) is 0 Å². The highest BCUT2D eigenvalue weighted by molar-refractivity contribution is 5.88. The van der Waals surface area contributed by atoms with E-state index < -0.39 is 0 Å². The maximum absolute atomic E-state index is 12.8. The maximum Gasteiger partial charge on any atom is 0.139 e. The van der Waals surface area contributed by atoms with Crippen molar-refractivity contribution in [2.75, 3.05) is 0 Å². The van der Waals surface area contributed by atoms with Gasteiger partial charge in [0.2, 0.25) is 0 Å². The fraction of sp³-hybridized carbons (Fsp3) is 0.941. The zero-order valence-corrected chi connectivity index (χ0v) is 12.3. The summed E-state index contributed by atoms with van der Waals surface area (Å²) in [4.78, 5) is 12.8. The Kier molecular flexibility index (Phi) is 2.88. The Morgan fingerprint density at radius 2 is 1.94 bits per heavy atom. The van der Waals surface area contributed by atoms with E-state index in [-0.39, 0.29) is 5.41 Å². The first-order valence-electron chi connectivity index (χ1n) is 8.04. The summed E-state index contributed by atoms with van der Waals surface area (Å²) in [6.07, 6.45) is 9.88. The Bertz CT molecular complexity index is 353. The number of carbonyl (C=O) groups is 1. The Morgan fingerprint density at radius 1 is 1.22 bits per heavy atom. The zero-order chi connectivity index (χ0) is 13.0. The second kappa shape index (κ2) is 4.08. The first-order valence-corrected chi connectivity index (χ1v) is 8.04. The molecule has 0 aromatic carbocycles. The molecule has 3 rings (SSSR count). The van der Waals surface area contributed by atoms with Crippen LogP contribution in [-0.4, -0.2) is 5.78 Å². The van der Waals surface area contributed by atoms with Gasteiger partial charge in [0.25, 0.3) is 0 Å². The third-order valence-electron chi connectivity index (χ3n) is 6.26. The average molecular weight is 248 g/mol. The van der Waals surface area contributed by atoms with Crippen molar-refractivity contribution in [2.45, 2.75) is 72.1 Å². The molecule has 0 amide bonds. The number of hydrogen-bond acceptors (Lipinski definition) is 1. The van der Waals surface area contributed by atoms with E-state index in [1.54, 1.807) is 0 Å². The summed E-state index contributed by atoms with van der Waals surface area (Å²) in [6, 6.07) is 0. The normalized spacial score (nSPS) is 41.3. The number of carbonyl (C=O) groups excluding carboxylic acids is 1. The lowest BCUT2D eigenvalue weighted by Gasteiger charge is -2.43. The molecule has 0 aliphatic heterocycles. The molecule has 3 saturated carbocycles. The van der Waals surface area contributed by atoms with Gasteiger partial charge in [-0.1, -0.05) is 40.0 Å². The van der Waals surface area contributed by atoms with Crippen molar-refractivity contribution < 1.29 is 4.79 Å². The van der Waals surface area contributed by atoms with Crippen molar-refractivity contribution in [2.24, 2.45) is 28.6 Å². The summed E-state index contributed by atoms with van der Waals surface area (Å²) in [6.45, 7) is 7.08. The molecule has 0 N–H and O–H groups in total. The van der Waals surface area contributed by atoms with E-state index in [9.17, 15) is 4.79 Å². The minimum absolute atomic E-state index is 0.130. The molecule has 0 bridgehead atoms. The number of Topliss-reactive ketones (excluding diaryl/α,β-unsaturated/α-hetero) is 1. The molecular formula is C17H28O. The molecule has 0 heterocycles. The van der Waals surface area contributed by atoms with E-state index in [0.29, 0.717) is 17.1 Å². The predicted molar refractivity (Wildman–Crippen MR) is 74.3 cm³/mol. The van der Waals surface area contributed by atoms with Gasteiger partial charge in [-0.25, -0.2) is 0 Å². The molecule has 18 heavy (non-hydrogen) atoms. The van der Waals surface area contributed by atoms with Gasteiger partial charge in [0.1, 0.15) is 5.78 Å². The Morgan fingerprint density at radius 3 is 2.56 bits per heavy atom. The lowest BCUT2D eigenvalue weighted by molar-refractivity contribution is -0.131. The van der Waals surface area contributed by atoms with Gasteiger partial charge in [0.05, 0.1) is 0 Å². The first-order chi connectivity index (χ1) is 8.50. The molecule has 1 heteroatoms. The molecule has 3 atom stereocenters. The minimum Gasteiger partial charge on any atom is -0.299 e. The SMILES string of the molecule is CCC1C(C)(C)CCC2CC21C(=O)CCC1CC1. The summed E-state index contributed by atoms with van der Waals surface area (Å²) in [5.74, 6) is 2.94. The van der Waals surface area contributed by atoms with Crippen molar-refractivity contribution in [3.63, 3.8) is 0 Å². The second-order valence-electron chi connectivity index (χ2n) is 7.83. The smallest absolute Gasteiger partial charge is 0.139 e. The van der Waals surface area contributed by atoms with Crippen LogP contribution in [0, 0.1) is 28.6 Å². The molecule has 3 aliphatic rings. The van der Waals surface area contributed by atoms with Crippen LogP contribution in [0.15, 0.2) is 0 Å². The van der Waals surface area contributed by atoms with Crippen LogP contribution in [0.1, 0.15) is 72.1 Å². The third-order valence-corrected chi connectivity index (χ3v) is 6.26. The highest BCUT2D eigenvalue weighted by Gasteiger charge is 2.67. The van der Waals surface area contributed by atoms with Crippen molar-refractivity contribution in [3.8, 4) is 0 Å². The molecule has 3 aliphatic carbocycles. The Balaban J connectivity index is 1.73. The quantitative estimate of drug-likeness (QED) is 0.695. The molecule has 0 aromatic rings. The fourth-order valence-corrected chi connectivity index (χ4v) is 4.98. The summed E-state index contributed by atoms with van der Waals surface area (Å²) < 4.78 is 0. The fourth-order valence-electron chi connectivity index (χ4n) is 4.98. The molecule has 0 spiro atoms. The van der Waals surface area contributed by atoms with E-state index in [0.717, 1.165) is 18.3 Å². The molecule has 0 saturated heterocycles. The van der Waals surface area contributed by atoms with Gasteiger partial charge in [-0.15, -0.1) is 0 Å². The van der Waals surface area contributed by atoms with Crippen LogP contribution in [0.2, 0.25) is 0 Å². The Labute approximate surface area is 112 Å². The lowest BCUT2D eigenvalue weighted by Crippen LogP contribution is -2.40. The van der Waals surface area contributed by atoms with Crippen molar-refractivity contribution in [1.29, 1.82) is 0 Å². The van der Waals surface area contributed by atoms with Gasteiger partial charge < -0.3 is 0 Å². The molecule has 0 radical (unpaired) electrons. The van der Waals surface area contributed by atoms with Gasteiger partial charge in [0, 0.05) is 11.8 Å². The third kappa shape index (κ3) is 1.85. The van der Waals surface area contributed by atoms with Crippen molar-refractivity contribution >= 4 is 5.78 Å². The van der Waals surface area contributed by atoms with Crippen LogP contribution in [0.4, 0.5) is 0 Å². The van der Waals surface area contributed by atoms with Crippen LogP contribution >= 0.6 is 0 Å². The van der Waals surface area contributed by atoms with Gasteiger partial charge >= 0.3 is 0 Å². The second-order valence-corrected chi connectivity index (χ2v) is 7.83. The van der Waals surface area contributed by atoms with E-state index in [1.165, 1.54) is 44.9 Å². The van der Waals surface area contributed by atoms with Gasteiger partial charge in [-0.05, 0) is 48.9 Å². The molecular weight excluding hydrogens is 220 g/mol. The zero-order valence-electron chi connectivity index (χ0n) is 12.3. The molecule has 0 aromatic heterocycles. The van der Waals surface area contributed by atoms with E-state index >= 15 is 0 Å². The van der Waals surface area contributed by atoms with Crippen molar-refractivity contribution in [1.82, 2.24) is 0 Å². The highest BCUT2D eigenvalue weighted by Crippen LogP contribution is 2.70. The predicted octanol–water partition coefficient (Wildman–Crippen LogP) is 4.60. The van der Waals surface area contributed by atoms with Crippen LogP contribution in [-0.2, 0) is 4.79 Å². The van der Waals surface area contributed by atoms with Crippen LogP contribution < -0.4 is 0 Å². The minimum atomic E-state index is 0.130.